The van der Waals surface area contributed by atoms with E-state index in [4.69, 9.17) is 12.2 Å². The first-order valence-corrected chi connectivity index (χ1v) is 7.06. The summed E-state index contributed by atoms with van der Waals surface area (Å²) in [7, 11) is 0. The van der Waals surface area contributed by atoms with Crippen molar-refractivity contribution in [3.63, 3.8) is 0 Å². The zero-order valence-corrected chi connectivity index (χ0v) is 12.3. The standard InChI is InChI=1S/C15H19N3S/c1-10(2)7-17-9-12-5-4-6-13-14(12)18(8-11(17)3)15(19)16-13/h4-6,11H,1,7-9H2,2-3H3,(H,16,19)/t11-/m0/s1. The number of hydrogen-bond donors (Lipinski definition) is 1. The average molecular weight is 273 g/mol. The van der Waals surface area contributed by atoms with E-state index >= 15 is 0 Å². The maximum Gasteiger partial charge on any atom is 0.178 e. The largest absolute Gasteiger partial charge is 0.331 e. The molecule has 3 rings (SSSR count). The third kappa shape index (κ3) is 2.15. The van der Waals surface area contributed by atoms with E-state index in [9.17, 15) is 0 Å². The normalized spacial score (nSPS) is 19.6. The number of H-pyrrole nitrogens is 1. The van der Waals surface area contributed by atoms with Crippen molar-refractivity contribution in [3.8, 4) is 0 Å². The molecule has 2 heterocycles. The Labute approximate surface area is 118 Å². The maximum absolute atomic E-state index is 5.46. The van der Waals surface area contributed by atoms with E-state index in [1.807, 2.05) is 0 Å². The topological polar surface area (TPSA) is 24.0 Å². The number of benzene rings is 1. The summed E-state index contributed by atoms with van der Waals surface area (Å²) in [6, 6.07) is 6.85. The van der Waals surface area contributed by atoms with E-state index in [1.54, 1.807) is 0 Å². The average Bonchev–Trinajstić information content (AvgIpc) is 2.57. The van der Waals surface area contributed by atoms with Crippen LogP contribution in [0.3, 0.4) is 0 Å². The lowest BCUT2D eigenvalue weighted by Crippen LogP contribution is -2.35. The van der Waals surface area contributed by atoms with Gasteiger partial charge in [-0.2, -0.15) is 0 Å². The molecule has 1 atom stereocenters. The van der Waals surface area contributed by atoms with Crippen LogP contribution in [0.5, 0.6) is 0 Å². The fourth-order valence-electron chi connectivity index (χ4n) is 2.91. The predicted molar refractivity (Wildman–Crippen MR) is 81.8 cm³/mol. The molecule has 0 unspecified atom stereocenters. The molecule has 0 spiro atoms. The molecule has 0 saturated heterocycles. The molecule has 2 aromatic rings. The first-order valence-electron chi connectivity index (χ1n) is 6.65. The third-order valence-corrected chi connectivity index (χ3v) is 4.12. The lowest BCUT2D eigenvalue weighted by atomic mass is 10.1. The monoisotopic (exact) mass is 273 g/mol. The summed E-state index contributed by atoms with van der Waals surface area (Å²) in [5, 5.41) is 0. The molecule has 0 amide bonds. The first-order chi connectivity index (χ1) is 9.06. The van der Waals surface area contributed by atoms with Crippen LogP contribution < -0.4 is 0 Å². The van der Waals surface area contributed by atoms with Gasteiger partial charge in [-0.15, -0.1) is 0 Å². The molecular weight excluding hydrogens is 254 g/mol. The van der Waals surface area contributed by atoms with Crippen LogP contribution in [0.2, 0.25) is 0 Å². The highest BCUT2D eigenvalue weighted by Gasteiger charge is 2.22. The van der Waals surface area contributed by atoms with E-state index < -0.39 is 0 Å². The number of nitrogens with one attached hydrogen (secondary N) is 1. The van der Waals surface area contributed by atoms with Crippen molar-refractivity contribution in [3.05, 3.63) is 40.7 Å². The molecule has 1 aliphatic heterocycles. The summed E-state index contributed by atoms with van der Waals surface area (Å²) >= 11 is 5.46. The molecule has 0 bridgehead atoms. The SMILES string of the molecule is C=C(C)CN1Cc2cccc3[nH]c(=S)n(c23)C[C@@H]1C. The Balaban J connectivity index is 2.13. The number of rotatable bonds is 2. The van der Waals surface area contributed by atoms with Crippen molar-refractivity contribution in [1.82, 2.24) is 14.5 Å². The highest BCUT2D eigenvalue weighted by atomic mass is 32.1. The van der Waals surface area contributed by atoms with Crippen LogP contribution in [0.15, 0.2) is 30.4 Å². The van der Waals surface area contributed by atoms with Gasteiger partial charge in [0.2, 0.25) is 0 Å². The van der Waals surface area contributed by atoms with Gasteiger partial charge in [0.1, 0.15) is 0 Å². The molecule has 1 aromatic heterocycles. The van der Waals surface area contributed by atoms with Crippen LogP contribution in [-0.4, -0.2) is 27.0 Å². The maximum atomic E-state index is 5.46. The Hall–Kier alpha value is -1.39. The summed E-state index contributed by atoms with van der Waals surface area (Å²) in [5.74, 6) is 0. The zero-order chi connectivity index (χ0) is 13.6. The van der Waals surface area contributed by atoms with Crippen LogP contribution >= 0.6 is 12.2 Å². The van der Waals surface area contributed by atoms with Crippen molar-refractivity contribution < 1.29 is 0 Å². The number of imidazole rings is 1. The smallest absolute Gasteiger partial charge is 0.178 e. The van der Waals surface area contributed by atoms with Crippen LogP contribution in [0.25, 0.3) is 11.0 Å². The quantitative estimate of drug-likeness (QED) is 0.669. The Morgan fingerprint density at radius 3 is 3.05 bits per heavy atom. The third-order valence-electron chi connectivity index (χ3n) is 3.79. The van der Waals surface area contributed by atoms with Gasteiger partial charge in [-0.25, -0.2) is 0 Å². The first kappa shape index (κ1) is 12.6. The van der Waals surface area contributed by atoms with E-state index in [0.29, 0.717) is 6.04 Å². The van der Waals surface area contributed by atoms with Gasteiger partial charge in [0.05, 0.1) is 11.0 Å². The molecule has 0 aliphatic carbocycles. The van der Waals surface area contributed by atoms with Crippen molar-refractivity contribution in [2.24, 2.45) is 0 Å². The number of aromatic amines is 1. The molecule has 0 saturated carbocycles. The molecule has 1 aliphatic rings. The van der Waals surface area contributed by atoms with E-state index in [1.165, 1.54) is 16.7 Å². The Morgan fingerprint density at radius 2 is 2.32 bits per heavy atom. The lowest BCUT2D eigenvalue weighted by molar-refractivity contribution is 0.206. The number of para-hydroxylation sites is 1. The predicted octanol–water partition coefficient (Wildman–Crippen LogP) is 3.48. The van der Waals surface area contributed by atoms with Crippen molar-refractivity contribution in [2.75, 3.05) is 6.54 Å². The highest BCUT2D eigenvalue weighted by molar-refractivity contribution is 7.71. The molecule has 0 fully saturated rings. The van der Waals surface area contributed by atoms with E-state index in [2.05, 4.69) is 53.1 Å². The minimum atomic E-state index is 0.454. The fourth-order valence-corrected chi connectivity index (χ4v) is 3.19. The second kappa shape index (κ2) is 4.62. The minimum absolute atomic E-state index is 0.454. The summed E-state index contributed by atoms with van der Waals surface area (Å²) < 4.78 is 3.06. The Bertz CT molecular complexity index is 695. The van der Waals surface area contributed by atoms with Gasteiger partial charge >= 0.3 is 0 Å². The Morgan fingerprint density at radius 1 is 1.53 bits per heavy atom. The second-order valence-electron chi connectivity index (χ2n) is 5.57. The zero-order valence-electron chi connectivity index (χ0n) is 11.4. The molecule has 19 heavy (non-hydrogen) atoms. The molecule has 100 valence electrons. The van der Waals surface area contributed by atoms with Gasteiger partial charge in [-0.3, -0.25) is 4.90 Å². The van der Waals surface area contributed by atoms with Crippen molar-refractivity contribution in [2.45, 2.75) is 33.0 Å². The molecule has 1 N–H and O–H groups in total. The van der Waals surface area contributed by atoms with Gasteiger partial charge in [-0.1, -0.05) is 24.3 Å². The number of nitrogens with zero attached hydrogens (tertiary/aromatic N) is 2. The molecule has 3 nitrogen and oxygen atoms in total. The minimum Gasteiger partial charge on any atom is -0.331 e. The number of aromatic nitrogens is 2. The summed E-state index contributed by atoms with van der Waals surface area (Å²) in [6.45, 7) is 11.2. The molecule has 4 heteroatoms. The molecule has 0 radical (unpaired) electrons. The van der Waals surface area contributed by atoms with Gasteiger partial charge in [0, 0.05) is 25.7 Å². The van der Waals surface area contributed by atoms with Crippen LogP contribution in [0.1, 0.15) is 19.4 Å². The van der Waals surface area contributed by atoms with Crippen LogP contribution in [0.4, 0.5) is 0 Å². The van der Waals surface area contributed by atoms with Gasteiger partial charge in [-0.05, 0) is 37.7 Å². The highest BCUT2D eigenvalue weighted by Crippen LogP contribution is 2.25. The number of hydrogen-bond acceptors (Lipinski definition) is 2. The molecular formula is C15H19N3S. The van der Waals surface area contributed by atoms with Crippen LogP contribution in [-0.2, 0) is 13.1 Å². The van der Waals surface area contributed by atoms with Crippen molar-refractivity contribution >= 4 is 23.3 Å². The fraction of sp³-hybridized carbons (Fsp3) is 0.400. The second-order valence-corrected chi connectivity index (χ2v) is 5.95. The van der Waals surface area contributed by atoms with Crippen LogP contribution in [0, 0.1) is 4.77 Å². The Kier molecular flexibility index (Phi) is 3.07. The van der Waals surface area contributed by atoms with Gasteiger partial charge in [0.15, 0.2) is 4.77 Å². The molecule has 1 aromatic carbocycles. The summed E-state index contributed by atoms with van der Waals surface area (Å²) in [4.78, 5) is 5.78. The van der Waals surface area contributed by atoms with E-state index in [0.717, 1.165) is 29.9 Å². The van der Waals surface area contributed by atoms with Gasteiger partial charge in [0.25, 0.3) is 0 Å². The van der Waals surface area contributed by atoms with E-state index in [-0.39, 0.29) is 0 Å². The lowest BCUT2D eigenvalue weighted by Gasteiger charge is -2.27. The van der Waals surface area contributed by atoms with Gasteiger partial charge < -0.3 is 9.55 Å². The summed E-state index contributed by atoms with van der Waals surface area (Å²) in [6.07, 6.45) is 0. The summed E-state index contributed by atoms with van der Waals surface area (Å²) in [5.41, 5.74) is 4.96. The van der Waals surface area contributed by atoms with Crippen molar-refractivity contribution in [1.29, 1.82) is 0 Å².